The van der Waals surface area contributed by atoms with Gasteiger partial charge in [0.05, 0.1) is 25.8 Å². The van der Waals surface area contributed by atoms with Crippen LogP contribution >= 0.6 is 0 Å². The molecule has 1 aliphatic carbocycles. The number of carbonyl (C=O) groups excluding carboxylic acids is 1. The second-order valence-electron chi connectivity index (χ2n) is 6.49. The van der Waals surface area contributed by atoms with Crippen LogP contribution in [0.4, 0.5) is 0 Å². The molecule has 2 aliphatic rings. The monoisotopic (exact) mass is 321 g/mol. The molecular formula is C17H27N3O3. The predicted octanol–water partition coefficient (Wildman–Crippen LogP) is 1.08. The quantitative estimate of drug-likeness (QED) is 0.750. The average Bonchev–Trinajstić information content (AvgIpc) is 3.29. The summed E-state index contributed by atoms with van der Waals surface area (Å²) in [6.45, 7) is 7.04. The van der Waals surface area contributed by atoms with Crippen molar-refractivity contribution in [2.24, 2.45) is 5.92 Å². The number of ether oxygens (including phenoxy) is 1. The predicted molar refractivity (Wildman–Crippen MR) is 87.2 cm³/mol. The SMILES string of the molecule is Cc1ccc(C(CNC(=O)CNCC2CC2)N2CCOCC2)o1. The van der Waals surface area contributed by atoms with Crippen LogP contribution in [0.5, 0.6) is 0 Å². The molecule has 1 aromatic heterocycles. The number of rotatable bonds is 8. The van der Waals surface area contributed by atoms with Crippen molar-refractivity contribution in [2.75, 3.05) is 45.9 Å². The molecule has 2 N–H and O–H groups in total. The van der Waals surface area contributed by atoms with Gasteiger partial charge in [-0.1, -0.05) is 0 Å². The Kier molecular flexibility index (Phi) is 5.70. The van der Waals surface area contributed by atoms with Crippen molar-refractivity contribution in [3.63, 3.8) is 0 Å². The third kappa shape index (κ3) is 5.06. The van der Waals surface area contributed by atoms with E-state index < -0.39 is 0 Å². The summed E-state index contributed by atoms with van der Waals surface area (Å²) in [7, 11) is 0. The molecular weight excluding hydrogens is 294 g/mol. The first kappa shape index (κ1) is 16.5. The second kappa shape index (κ2) is 7.95. The molecule has 1 amide bonds. The van der Waals surface area contributed by atoms with Crippen LogP contribution in [0.1, 0.15) is 30.4 Å². The summed E-state index contributed by atoms with van der Waals surface area (Å²) >= 11 is 0. The fourth-order valence-corrected chi connectivity index (χ4v) is 2.92. The molecule has 6 nitrogen and oxygen atoms in total. The lowest BCUT2D eigenvalue weighted by Crippen LogP contribution is -2.45. The van der Waals surface area contributed by atoms with Gasteiger partial charge in [0.25, 0.3) is 0 Å². The highest BCUT2D eigenvalue weighted by molar-refractivity contribution is 5.78. The van der Waals surface area contributed by atoms with Crippen molar-refractivity contribution >= 4 is 5.91 Å². The van der Waals surface area contributed by atoms with Gasteiger partial charge in [-0.05, 0) is 44.4 Å². The zero-order chi connectivity index (χ0) is 16.1. The van der Waals surface area contributed by atoms with Gasteiger partial charge in [-0.15, -0.1) is 0 Å². The second-order valence-corrected chi connectivity index (χ2v) is 6.49. The van der Waals surface area contributed by atoms with Crippen LogP contribution < -0.4 is 10.6 Å². The first-order chi connectivity index (χ1) is 11.2. The van der Waals surface area contributed by atoms with E-state index in [1.165, 1.54) is 12.8 Å². The van der Waals surface area contributed by atoms with Crippen LogP contribution in [-0.2, 0) is 9.53 Å². The molecule has 1 aliphatic heterocycles. The van der Waals surface area contributed by atoms with Crippen LogP contribution in [-0.4, -0.2) is 56.7 Å². The fourth-order valence-electron chi connectivity index (χ4n) is 2.92. The molecule has 3 rings (SSSR count). The molecule has 128 valence electrons. The summed E-state index contributed by atoms with van der Waals surface area (Å²) in [5, 5.41) is 6.26. The summed E-state index contributed by atoms with van der Waals surface area (Å²) in [5.74, 6) is 2.65. The van der Waals surface area contributed by atoms with E-state index in [9.17, 15) is 4.79 Å². The van der Waals surface area contributed by atoms with Gasteiger partial charge in [-0.2, -0.15) is 0 Å². The zero-order valence-electron chi connectivity index (χ0n) is 13.8. The maximum absolute atomic E-state index is 12.0. The molecule has 0 spiro atoms. The molecule has 23 heavy (non-hydrogen) atoms. The van der Waals surface area contributed by atoms with Crippen molar-refractivity contribution in [1.82, 2.24) is 15.5 Å². The van der Waals surface area contributed by atoms with Gasteiger partial charge in [-0.3, -0.25) is 9.69 Å². The van der Waals surface area contributed by atoms with E-state index in [1.807, 2.05) is 19.1 Å². The maximum Gasteiger partial charge on any atom is 0.234 e. The molecule has 2 fully saturated rings. The molecule has 1 saturated heterocycles. The highest BCUT2D eigenvalue weighted by atomic mass is 16.5. The molecule has 1 saturated carbocycles. The molecule has 1 aromatic rings. The molecule has 0 bridgehead atoms. The summed E-state index contributed by atoms with van der Waals surface area (Å²) in [6, 6.07) is 4.05. The molecule has 6 heteroatoms. The van der Waals surface area contributed by atoms with Crippen LogP contribution in [0.2, 0.25) is 0 Å². The number of morpholine rings is 1. The lowest BCUT2D eigenvalue weighted by atomic mass is 10.1. The Morgan fingerprint density at radius 1 is 1.35 bits per heavy atom. The summed E-state index contributed by atoms with van der Waals surface area (Å²) in [6.07, 6.45) is 2.59. The lowest BCUT2D eigenvalue weighted by molar-refractivity contribution is -0.120. The first-order valence-electron chi connectivity index (χ1n) is 8.58. The van der Waals surface area contributed by atoms with Gasteiger partial charge in [0, 0.05) is 19.6 Å². The van der Waals surface area contributed by atoms with Gasteiger partial charge in [-0.25, -0.2) is 0 Å². The Hall–Kier alpha value is -1.37. The van der Waals surface area contributed by atoms with E-state index in [4.69, 9.17) is 9.15 Å². The Morgan fingerprint density at radius 3 is 2.78 bits per heavy atom. The van der Waals surface area contributed by atoms with Crippen LogP contribution in [0, 0.1) is 12.8 Å². The number of aryl methyl sites for hydroxylation is 1. The first-order valence-corrected chi connectivity index (χ1v) is 8.58. The zero-order valence-corrected chi connectivity index (χ0v) is 13.8. The molecule has 0 aromatic carbocycles. The summed E-state index contributed by atoms with van der Waals surface area (Å²) in [4.78, 5) is 14.3. The van der Waals surface area contributed by atoms with Gasteiger partial charge < -0.3 is 19.8 Å². The van der Waals surface area contributed by atoms with Crippen molar-refractivity contribution in [2.45, 2.75) is 25.8 Å². The van der Waals surface area contributed by atoms with Crippen molar-refractivity contribution in [3.8, 4) is 0 Å². The average molecular weight is 321 g/mol. The van der Waals surface area contributed by atoms with Crippen molar-refractivity contribution in [3.05, 3.63) is 23.7 Å². The van der Waals surface area contributed by atoms with Crippen molar-refractivity contribution in [1.29, 1.82) is 0 Å². The van der Waals surface area contributed by atoms with Gasteiger partial charge >= 0.3 is 0 Å². The van der Waals surface area contributed by atoms with Gasteiger partial charge in [0.1, 0.15) is 11.5 Å². The standard InChI is InChI=1S/C17H27N3O3/c1-13-2-5-16(23-13)15(20-6-8-22-9-7-20)11-19-17(21)12-18-10-14-3-4-14/h2,5,14-15,18H,3-4,6-12H2,1H3,(H,19,21). The third-order valence-corrected chi connectivity index (χ3v) is 4.48. The largest absolute Gasteiger partial charge is 0.465 e. The van der Waals surface area contributed by atoms with E-state index >= 15 is 0 Å². The number of amides is 1. The van der Waals surface area contributed by atoms with Gasteiger partial charge in [0.15, 0.2) is 0 Å². The minimum absolute atomic E-state index is 0.0483. The highest BCUT2D eigenvalue weighted by Crippen LogP contribution is 2.27. The van der Waals surface area contributed by atoms with Crippen LogP contribution in [0.3, 0.4) is 0 Å². The summed E-state index contributed by atoms with van der Waals surface area (Å²) in [5.41, 5.74) is 0. The van der Waals surface area contributed by atoms with E-state index in [2.05, 4.69) is 15.5 Å². The van der Waals surface area contributed by atoms with Gasteiger partial charge in [0.2, 0.25) is 5.91 Å². The number of nitrogens with zero attached hydrogens (tertiary/aromatic N) is 1. The number of nitrogens with one attached hydrogen (secondary N) is 2. The molecule has 0 radical (unpaired) electrons. The summed E-state index contributed by atoms with van der Waals surface area (Å²) < 4.78 is 11.2. The van der Waals surface area contributed by atoms with Crippen LogP contribution in [0.15, 0.2) is 16.5 Å². The number of hydrogen-bond donors (Lipinski definition) is 2. The minimum Gasteiger partial charge on any atom is -0.465 e. The minimum atomic E-state index is 0.0483. The van der Waals surface area contributed by atoms with E-state index in [-0.39, 0.29) is 11.9 Å². The van der Waals surface area contributed by atoms with E-state index in [0.29, 0.717) is 13.1 Å². The topological polar surface area (TPSA) is 66.7 Å². The molecule has 2 heterocycles. The van der Waals surface area contributed by atoms with E-state index in [1.54, 1.807) is 0 Å². The van der Waals surface area contributed by atoms with Crippen LogP contribution in [0.25, 0.3) is 0 Å². The Labute approximate surface area is 137 Å². The number of furan rings is 1. The Morgan fingerprint density at radius 2 is 2.13 bits per heavy atom. The Bertz CT molecular complexity index is 507. The smallest absolute Gasteiger partial charge is 0.234 e. The van der Waals surface area contributed by atoms with Crippen molar-refractivity contribution < 1.29 is 13.9 Å². The van der Waals surface area contributed by atoms with E-state index in [0.717, 1.165) is 50.3 Å². The Balaban J connectivity index is 1.51. The normalized spacial score (nSPS) is 20.4. The number of hydrogen-bond acceptors (Lipinski definition) is 5. The third-order valence-electron chi connectivity index (χ3n) is 4.48. The molecule has 1 unspecified atom stereocenters. The lowest BCUT2D eigenvalue weighted by Gasteiger charge is -2.33. The molecule has 1 atom stereocenters. The highest BCUT2D eigenvalue weighted by Gasteiger charge is 2.26. The number of carbonyl (C=O) groups is 1. The maximum atomic E-state index is 12.0. The fraction of sp³-hybridized carbons (Fsp3) is 0.706.